The van der Waals surface area contributed by atoms with Gasteiger partial charge in [-0.3, -0.25) is 0 Å². The van der Waals surface area contributed by atoms with Gasteiger partial charge in [-0.15, -0.1) is 5.10 Å². The Labute approximate surface area is 324 Å². The number of rotatable bonds is 15. The molecule has 2 unspecified atom stereocenters. The molecule has 0 spiro atoms. The van der Waals surface area contributed by atoms with Gasteiger partial charge in [0.1, 0.15) is 17.4 Å². The van der Waals surface area contributed by atoms with E-state index in [1.807, 2.05) is 36.4 Å². The molecule has 2 aromatic heterocycles. The molecule has 0 N–H and O–H groups in total. The van der Waals surface area contributed by atoms with Crippen molar-refractivity contribution in [1.82, 2.24) is 14.6 Å². The standard InChI is InChI=1S/C44H53N5O6/c1-9-10-11-12-13-18-23-48-32-19-14-16-21-34(32)54-38(48)22-17-15-20-33-40(45-5)39(44(50)55-41-29(3)24-28(2)25-30(41)4)43-46-42(47-49(33)43)31-26-36(52-7)37(53-8)27-35(31)51-6/h14-17,19-22,26-30,41H,9-13,18,23-25H2,1-4,6-8H3/b17-15+,33-20+,38-22-. The van der Waals surface area contributed by atoms with Crippen molar-refractivity contribution >= 4 is 29.1 Å². The fourth-order valence-corrected chi connectivity index (χ4v) is 8.10. The third-order valence-corrected chi connectivity index (χ3v) is 10.7. The quantitative estimate of drug-likeness (QED) is 0.0669. The van der Waals surface area contributed by atoms with E-state index in [0.717, 1.165) is 43.1 Å². The highest BCUT2D eigenvalue weighted by Crippen LogP contribution is 2.41. The molecule has 1 saturated carbocycles. The van der Waals surface area contributed by atoms with Crippen LogP contribution in [0.2, 0.25) is 0 Å². The smallest absolute Gasteiger partial charge is 0.331 e. The fourth-order valence-electron chi connectivity index (χ4n) is 8.10. The van der Waals surface area contributed by atoms with Crippen LogP contribution in [0.3, 0.4) is 0 Å². The summed E-state index contributed by atoms with van der Waals surface area (Å²) in [5.41, 5.74) is 2.02. The second-order valence-electron chi connectivity index (χ2n) is 14.7. The zero-order chi connectivity index (χ0) is 39.1. The molecule has 2 atom stereocenters. The van der Waals surface area contributed by atoms with Gasteiger partial charge < -0.3 is 28.6 Å². The van der Waals surface area contributed by atoms with E-state index in [1.54, 1.807) is 39.5 Å². The maximum absolute atomic E-state index is 14.2. The van der Waals surface area contributed by atoms with Crippen molar-refractivity contribution in [2.45, 2.75) is 85.2 Å². The number of para-hydroxylation sites is 2. The van der Waals surface area contributed by atoms with Crippen LogP contribution in [-0.2, 0) is 4.74 Å². The van der Waals surface area contributed by atoms with Crippen LogP contribution in [0.4, 0.5) is 11.4 Å². The van der Waals surface area contributed by atoms with Crippen molar-refractivity contribution in [3.8, 4) is 34.4 Å². The molecule has 0 radical (unpaired) electrons. The molecule has 0 saturated heterocycles. The third kappa shape index (κ3) is 8.29. The molecule has 11 heteroatoms. The molecule has 290 valence electrons. The number of benzene rings is 2. The van der Waals surface area contributed by atoms with Gasteiger partial charge in [-0.2, -0.15) is 0 Å². The first kappa shape index (κ1) is 39.2. The van der Waals surface area contributed by atoms with Crippen molar-refractivity contribution < 1.29 is 28.5 Å². The van der Waals surface area contributed by atoms with Crippen LogP contribution in [-0.4, -0.2) is 54.5 Å². The molecule has 1 fully saturated rings. The first-order valence-corrected chi connectivity index (χ1v) is 19.5. The number of fused-ring (bicyclic) bond motifs is 2. The number of esters is 1. The van der Waals surface area contributed by atoms with Gasteiger partial charge >= 0.3 is 5.97 Å². The van der Waals surface area contributed by atoms with Gasteiger partial charge in [0, 0.05) is 12.6 Å². The van der Waals surface area contributed by atoms with Crippen molar-refractivity contribution in [3.05, 3.63) is 82.8 Å². The maximum Gasteiger partial charge on any atom is 0.331 e. The number of carbonyl (C=O) groups excluding carboxylic acids is 1. The molecular formula is C44H53N5O6. The van der Waals surface area contributed by atoms with Gasteiger partial charge in [-0.25, -0.2) is 19.1 Å². The van der Waals surface area contributed by atoms with E-state index in [1.165, 1.54) is 36.6 Å². The van der Waals surface area contributed by atoms with E-state index in [9.17, 15) is 4.79 Å². The number of anilines is 1. The zero-order valence-corrected chi connectivity index (χ0v) is 33.1. The number of allylic oxidation sites excluding steroid dienone is 3. The summed E-state index contributed by atoms with van der Waals surface area (Å²) in [4.78, 5) is 25.1. The van der Waals surface area contributed by atoms with Crippen LogP contribution >= 0.6 is 0 Å². The predicted octanol–water partition coefficient (Wildman–Crippen LogP) is 9.36. The lowest BCUT2D eigenvalue weighted by molar-refractivity contribution is -0.0249. The molecule has 1 aliphatic carbocycles. The topological polar surface area (TPSA) is 101 Å². The molecule has 4 aromatic rings. The highest BCUT2D eigenvalue weighted by atomic mass is 16.5. The number of aromatic nitrogens is 3. The van der Waals surface area contributed by atoms with Gasteiger partial charge in [-0.05, 0) is 67.4 Å². The van der Waals surface area contributed by atoms with Crippen LogP contribution < -0.4 is 29.2 Å². The van der Waals surface area contributed by atoms with E-state index < -0.39 is 5.97 Å². The van der Waals surface area contributed by atoms with Crippen molar-refractivity contribution in [3.63, 3.8) is 0 Å². The molecule has 0 bridgehead atoms. The second-order valence-corrected chi connectivity index (χ2v) is 14.7. The Balaban J connectivity index is 1.39. The number of unbranched alkanes of at least 4 members (excludes halogenated alkanes) is 5. The monoisotopic (exact) mass is 747 g/mol. The molecule has 55 heavy (non-hydrogen) atoms. The molecule has 6 rings (SSSR count). The Morgan fingerprint density at radius 1 is 0.927 bits per heavy atom. The first-order valence-electron chi connectivity index (χ1n) is 19.5. The van der Waals surface area contributed by atoms with Crippen LogP contribution in [0, 0.1) is 24.3 Å². The number of hydrogen-bond donors (Lipinski definition) is 0. The Morgan fingerprint density at radius 2 is 1.60 bits per heavy atom. The average molecular weight is 748 g/mol. The average Bonchev–Trinajstić information content (AvgIpc) is 3.85. The number of nitrogens with zero attached hydrogens (tertiary/aromatic N) is 5. The molecular weight excluding hydrogens is 695 g/mol. The Kier molecular flexibility index (Phi) is 12.7. The highest BCUT2D eigenvalue weighted by Gasteiger charge is 2.36. The van der Waals surface area contributed by atoms with E-state index in [4.69, 9.17) is 40.3 Å². The van der Waals surface area contributed by atoms with Crippen LogP contribution in [0.25, 0.3) is 28.0 Å². The zero-order valence-electron chi connectivity index (χ0n) is 33.1. The Morgan fingerprint density at radius 3 is 2.31 bits per heavy atom. The lowest BCUT2D eigenvalue weighted by Gasteiger charge is -2.37. The summed E-state index contributed by atoms with van der Waals surface area (Å²) in [6.45, 7) is 17.8. The lowest BCUT2D eigenvalue weighted by atomic mass is 9.75. The minimum Gasteiger partial charge on any atom is -0.496 e. The van der Waals surface area contributed by atoms with E-state index in [-0.39, 0.29) is 40.7 Å². The minimum absolute atomic E-state index is 0.0870. The van der Waals surface area contributed by atoms with E-state index >= 15 is 0 Å². The Hall–Kier alpha value is -5.50. The van der Waals surface area contributed by atoms with Gasteiger partial charge in [0.05, 0.1) is 44.5 Å². The summed E-state index contributed by atoms with van der Waals surface area (Å²) < 4.78 is 30.8. The molecule has 1 aliphatic heterocycles. The second kappa shape index (κ2) is 17.8. The van der Waals surface area contributed by atoms with Crippen molar-refractivity contribution in [2.24, 2.45) is 17.8 Å². The summed E-state index contributed by atoms with van der Waals surface area (Å²) in [6.07, 6.45) is 16.3. The largest absolute Gasteiger partial charge is 0.496 e. The minimum atomic E-state index is -0.583. The third-order valence-electron chi connectivity index (χ3n) is 10.7. The molecule has 0 amide bonds. The molecule has 2 aromatic carbocycles. The SMILES string of the molecule is [C-]#[N+]c1c(C(=O)OC2C(C)CC(C)CC2C)c2nc(-c3cc(OC)c(OC)cc3OC)nn2/c1=C/C=C/C=C1\Oc2ccccc2N1CCCCCCCC. The summed E-state index contributed by atoms with van der Waals surface area (Å²) in [5, 5.41) is 5.25. The predicted molar refractivity (Wildman–Crippen MR) is 215 cm³/mol. The number of carbonyl (C=O) groups is 1. The van der Waals surface area contributed by atoms with Gasteiger partial charge in [0.2, 0.25) is 11.6 Å². The summed E-state index contributed by atoms with van der Waals surface area (Å²) in [7, 11) is 4.65. The Bertz CT molecular complexity index is 2140. The molecule has 11 nitrogen and oxygen atoms in total. The number of methoxy groups -OCH3 is 3. The summed E-state index contributed by atoms with van der Waals surface area (Å²) in [5.74, 6) is 3.58. The fraction of sp³-hybridized carbons (Fsp3) is 0.455. The van der Waals surface area contributed by atoms with Crippen LogP contribution in [0.15, 0.2) is 60.5 Å². The number of hydrogen-bond acceptors (Lipinski definition) is 9. The van der Waals surface area contributed by atoms with Gasteiger partial charge in [0.25, 0.3) is 0 Å². The summed E-state index contributed by atoms with van der Waals surface area (Å²) in [6, 6.07) is 11.5. The van der Waals surface area contributed by atoms with Crippen molar-refractivity contribution in [2.75, 3.05) is 32.8 Å². The molecule has 3 heterocycles. The lowest BCUT2D eigenvalue weighted by Crippen LogP contribution is -2.37. The normalized spacial score (nSPS) is 20.5. The summed E-state index contributed by atoms with van der Waals surface area (Å²) >= 11 is 0. The van der Waals surface area contributed by atoms with Crippen molar-refractivity contribution in [1.29, 1.82) is 0 Å². The molecule has 2 aliphatic rings. The highest BCUT2D eigenvalue weighted by molar-refractivity contribution is 6.03. The first-order chi connectivity index (χ1) is 26.7. The number of ether oxygens (including phenoxy) is 5. The van der Waals surface area contributed by atoms with E-state index in [0.29, 0.717) is 34.1 Å². The van der Waals surface area contributed by atoms with Crippen LogP contribution in [0.5, 0.6) is 23.0 Å². The van der Waals surface area contributed by atoms with Crippen LogP contribution in [0.1, 0.15) is 89.4 Å². The van der Waals surface area contributed by atoms with E-state index in [2.05, 4.69) is 43.5 Å². The van der Waals surface area contributed by atoms with Gasteiger partial charge in [0.15, 0.2) is 28.7 Å². The maximum atomic E-state index is 14.2. The van der Waals surface area contributed by atoms with Gasteiger partial charge in [-0.1, -0.05) is 84.1 Å².